The van der Waals surface area contributed by atoms with Gasteiger partial charge in [-0.2, -0.15) is 0 Å². The summed E-state index contributed by atoms with van der Waals surface area (Å²) in [6, 6.07) is 4.52. The van der Waals surface area contributed by atoms with Gasteiger partial charge in [0.05, 0.1) is 5.56 Å². The van der Waals surface area contributed by atoms with Crippen LogP contribution in [0.25, 0.3) is 0 Å². The summed E-state index contributed by atoms with van der Waals surface area (Å²) >= 11 is 3.29. The van der Waals surface area contributed by atoms with Crippen molar-refractivity contribution in [3.05, 3.63) is 40.4 Å². The number of aromatic nitrogens is 2. The second-order valence-corrected chi connectivity index (χ2v) is 5.17. The Morgan fingerprint density at radius 2 is 2.15 bits per heavy atom. The molecule has 1 N–H and O–H groups in total. The van der Waals surface area contributed by atoms with Gasteiger partial charge in [0.15, 0.2) is 11.6 Å². The number of halogens is 2. The second-order valence-electron chi connectivity index (χ2n) is 4.26. The van der Waals surface area contributed by atoms with Crippen LogP contribution in [0.5, 0.6) is 11.6 Å². The Morgan fingerprint density at radius 3 is 2.90 bits per heavy atom. The molecule has 6 heteroatoms. The van der Waals surface area contributed by atoms with E-state index in [9.17, 15) is 4.39 Å². The molecule has 0 unspecified atom stereocenters. The molecule has 0 amide bonds. The zero-order valence-corrected chi connectivity index (χ0v) is 12.9. The normalized spacial score (nSPS) is 10.4. The second kappa shape index (κ2) is 6.65. The van der Waals surface area contributed by atoms with E-state index < -0.39 is 5.82 Å². The highest BCUT2D eigenvalue weighted by molar-refractivity contribution is 9.10. The molecule has 106 valence electrons. The number of nitrogens with one attached hydrogen (secondary N) is 1. The standard InChI is InChI=1S/C14H15BrFN3O/c1-3-6-17-13-9(2)14(19-8-18-13)20-12-7-10(15)4-5-11(12)16/h4-5,7-8H,3,6H2,1-2H3,(H,17,18,19). The largest absolute Gasteiger partial charge is 0.435 e. The van der Waals surface area contributed by atoms with E-state index in [1.165, 1.54) is 12.4 Å². The first-order valence-electron chi connectivity index (χ1n) is 6.30. The molecule has 0 fully saturated rings. The molecular formula is C14H15BrFN3O. The van der Waals surface area contributed by atoms with Crippen LogP contribution in [-0.2, 0) is 0 Å². The highest BCUT2D eigenvalue weighted by Crippen LogP contribution is 2.29. The fourth-order valence-corrected chi connectivity index (χ4v) is 1.96. The van der Waals surface area contributed by atoms with E-state index in [1.54, 1.807) is 12.1 Å². The Hall–Kier alpha value is -1.69. The summed E-state index contributed by atoms with van der Waals surface area (Å²) in [6.45, 7) is 4.71. The lowest BCUT2D eigenvalue weighted by Crippen LogP contribution is -2.05. The zero-order chi connectivity index (χ0) is 14.5. The van der Waals surface area contributed by atoms with E-state index in [0.717, 1.165) is 23.0 Å². The Kier molecular flexibility index (Phi) is 4.89. The summed E-state index contributed by atoms with van der Waals surface area (Å²) in [4.78, 5) is 8.21. The van der Waals surface area contributed by atoms with Crippen LogP contribution in [0.4, 0.5) is 10.2 Å². The summed E-state index contributed by atoms with van der Waals surface area (Å²) in [5.41, 5.74) is 0.750. The van der Waals surface area contributed by atoms with Gasteiger partial charge in [-0.05, 0) is 31.5 Å². The maximum absolute atomic E-state index is 13.7. The smallest absolute Gasteiger partial charge is 0.227 e. The summed E-state index contributed by atoms with van der Waals surface area (Å²) in [5.74, 6) is 0.736. The Morgan fingerprint density at radius 1 is 1.35 bits per heavy atom. The topological polar surface area (TPSA) is 47.0 Å². The number of anilines is 1. The number of hydrogen-bond acceptors (Lipinski definition) is 4. The van der Waals surface area contributed by atoms with Crippen molar-refractivity contribution in [3.63, 3.8) is 0 Å². The quantitative estimate of drug-likeness (QED) is 0.882. The van der Waals surface area contributed by atoms with Crippen molar-refractivity contribution in [2.45, 2.75) is 20.3 Å². The number of rotatable bonds is 5. The molecule has 1 aromatic heterocycles. The number of nitrogens with zero attached hydrogens (tertiary/aromatic N) is 2. The van der Waals surface area contributed by atoms with Crippen molar-refractivity contribution in [2.75, 3.05) is 11.9 Å². The van der Waals surface area contributed by atoms with Crippen molar-refractivity contribution in [2.24, 2.45) is 0 Å². The molecule has 0 aliphatic rings. The van der Waals surface area contributed by atoms with Crippen LogP contribution >= 0.6 is 15.9 Å². The van der Waals surface area contributed by atoms with Crippen molar-refractivity contribution >= 4 is 21.7 Å². The molecule has 0 saturated heterocycles. The average Bonchev–Trinajstić information content (AvgIpc) is 2.44. The van der Waals surface area contributed by atoms with E-state index in [1.807, 2.05) is 6.92 Å². The van der Waals surface area contributed by atoms with Crippen LogP contribution in [0, 0.1) is 12.7 Å². The highest BCUT2D eigenvalue weighted by Gasteiger charge is 2.11. The molecule has 0 bridgehead atoms. The molecule has 2 aromatic rings. The van der Waals surface area contributed by atoms with Gasteiger partial charge in [0, 0.05) is 11.0 Å². The van der Waals surface area contributed by atoms with E-state index in [4.69, 9.17) is 4.74 Å². The molecule has 4 nitrogen and oxygen atoms in total. The molecule has 1 heterocycles. The van der Waals surface area contributed by atoms with Gasteiger partial charge in [-0.1, -0.05) is 22.9 Å². The predicted octanol–water partition coefficient (Wildman–Crippen LogP) is 4.30. The Bertz CT molecular complexity index is 607. The first-order chi connectivity index (χ1) is 9.61. The van der Waals surface area contributed by atoms with E-state index in [0.29, 0.717) is 11.7 Å². The molecule has 0 saturated carbocycles. The maximum atomic E-state index is 13.7. The molecule has 2 rings (SSSR count). The minimum absolute atomic E-state index is 0.127. The predicted molar refractivity (Wildman–Crippen MR) is 79.7 cm³/mol. The van der Waals surface area contributed by atoms with Gasteiger partial charge in [0.25, 0.3) is 0 Å². The van der Waals surface area contributed by atoms with E-state index >= 15 is 0 Å². The summed E-state index contributed by atoms with van der Waals surface area (Å²) < 4.78 is 20.0. The monoisotopic (exact) mass is 339 g/mol. The van der Waals surface area contributed by atoms with Crippen molar-refractivity contribution in [3.8, 4) is 11.6 Å². The van der Waals surface area contributed by atoms with Gasteiger partial charge in [0.2, 0.25) is 5.88 Å². The first kappa shape index (κ1) is 14.7. The average molecular weight is 340 g/mol. The minimum atomic E-state index is -0.436. The van der Waals surface area contributed by atoms with Crippen LogP contribution < -0.4 is 10.1 Å². The third-order valence-electron chi connectivity index (χ3n) is 2.68. The summed E-state index contributed by atoms with van der Waals surface area (Å²) in [6.07, 6.45) is 2.39. The highest BCUT2D eigenvalue weighted by atomic mass is 79.9. The third kappa shape index (κ3) is 3.45. The Labute approximate surface area is 125 Å². The minimum Gasteiger partial charge on any atom is -0.435 e. The summed E-state index contributed by atoms with van der Waals surface area (Å²) in [5, 5.41) is 3.18. The van der Waals surface area contributed by atoms with Crippen LogP contribution in [0.1, 0.15) is 18.9 Å². The summed E-state index contributed by atoms with van der Waals surface area (Å²) in [7, 11) is 0. The molecule has 0 aliphatic heterocycles. The van der Waals surface area contributed by atoms with Crippen LogP contribution in [-0.4, -0.2) is 16.5 Å². The van der Waals surface area contributed by atoms with E-state index in [2.05, 4.69) is 38.1 Å². The molecule has 0 spiro atoms. The van der Waals surface area contributed by atoms with Crippen LogP contribution in [0.3, 0.4) is 0 Å². The first-order valence-corrected chi connectivity index (χ1v) is 7.09. The van der Waals surface area contributed by atoms with Crippen molar-refractivity contribution in [1.82, 2.24) is 9.97 Å². The van der Waals surface area contributed by atoms with Crippen molar-refractivity contribution < 1.29 is 9.13 Å². The number of benzene rings is 1. The Balaban J connectivity index is 2.27. The van der Waals surface area contributed by atoms with Gasteiger partial charge < -0.3 is 10.1 Å². The lowest BCUT2D eigenvalue weighted by Gasteiger charge is -2.12. The maximum Gasteiger partial charge on any atom is 0.227 e. The molecular weight excluding hydrogens is 325 g/mol. The van der Waals surface area contributed by atoms with Gasteiger partial charge in [0.1, 0.15) is 12.1 Å². The molecule has 0 radical (unpaired) electrons. The SMILES string of the molecule is CCCNc1ncnc(Oc2cc(Br)ccc2F)c1C. The fourth-order valence-electron chi connectivity index (χ4n) is 1.62. The third-order valence-corrected chi connectivity index (χ3v) is 3.17. The molecule has 0 atom stereocenters. The van der Waals surface area contributed by atoms with Gasteiger partial charge in [-0.15, -0.1) is 0 Å². The van der Waals surface area contributed by atoms with Crippen molar-refractivity contribution in [1.29, 1.82) is 0 Å². The lowest BCUT2D eigenvalue weighted by molar-refractivity contribution is 0.423. The van der Waals surface area contributed by atoms with Crippen LogP contribution in [0.2, 0.25) is 0 Å². The lowest BCUT2D eigenvalue weighted by atomic mass is 10.3. The van der Waals surface area contributed by atoms with E-state index in [-0.39, 0.29) is 5.75 Å². The molecule has 1 aromatic carbocycles. The molecule has 20 heavy (non-hydrogen) atoms. The van der Waals surface area contributed by atoms with Gasteiger partial charge in [-0.25, -0.2) is 14.4 Å². The number of hydrogen-bond donors (Lipinski definition) is 1. The van der Waals surface area contributed by atoms with Gasteiger partial charge in [-0.3, -0.25) is 0 Å². The zero-order valence-electron chi connectivity index (χ0n) is 11.3. The molecule has 0 aliphatic carbocycles. The van der Waals surface area contributed by atoms with Gasteiger partial charge >= 0.3 is 0 Å². The van der Waals surface area contributed by atoms with Crippen LogP contribution in [0.15, 0.2) is 29.0 Å². The fraction of sp³-hybridized carbons (Fsp3) is 0.286. The number of ether oxygens (including phenoxy) is 1.